The molecule has 1 N–H and O–H groups in total. The average Bonchev–Trinajstić information content (AvgIpc) is 3.05. The fourth-order valence-electron chi connectivity index (χ4n) is 3.10. The number of nitrogens with zero attached hydrogens (tertiary/aromatic N) is 3. The number of aliphatic carboxylic acids is 1. The minimum atomic E-state index is -5.08. The van der Waals surface area contributed by atoms with Crippen molar-refractivity contribution in [2.75, 3.05) is 40.4 Å². The molecule has 3 rings (SSSR count). The molecule has 30 heavy (non-hydrogen) atoms. The molecule has 1 aromatic rings. The molecular weight excluding hydrogens is 431 g/mol. The summed E-state index contributed by atoms with van der Waals surface area (Å²) in [5, 5.41) is 7.12. The van der Waals surface area contributed by atoms with Gasteiger partial charge in [0.1, 0.15) is 5.60 Å². The first-order chi connectivity index (χ1) is 13.9. The highest BCUT2D eigenvalue weighted by Crippen LogP contribution is 2.41. The molecule has 0 saturated carbocycles. The van der Waals surface area contributed by atoms with Gasteiger partial charge in [-0.05, 0) is 18.6 Å². The van der Waals surface area contributed by atoms with Crippen molar-refractivity contribution >= 4 is 16.2 Å². The van der Waals surface area contributed by atoms with Crippen molar-refractivity contribution in [3.05, 3.63) is 30.1 Å². The maximum Gasteiger partial charge on any atom is 0.490 e. The van der Waals surface area contributed by atoms with Crippen LogP contribution in [0.3, 0.4) is 0 Å². The second-order valence-corrected chi connectivity index (χ2v) is 9.24. The lowest BCUT2D eigenvalue weighted by atomic mass is 9.83. The number of carbonyl (C=O) groups is 1. The van der Waals surface area contributed by atoms with Gasteiger partial charge in [0.15, 0.2) is 0 Å². The van der Waals surface area contributed by atoms with E-state index >= 15 is 0 Å². The SMILES string of the molecule is CN(C)S(=O)(=O)N1CC2(C1)OCCC2COCc1ccccn1.O=C(O)C(F)(F)F. The molecule has 2 saturated heterocycles. The highest BCUT2D eigenvalue weighted by Gasteiger charge is 2.56. The molecule has 3 heterocycles. The zero-order valence-corrected chi connectivity index (χ0v) is 17.3. The number of rotatable bonds is 6. The molecule has 9 nitrogen and oxygen atoms in total. The minimum absolute atomic E-state index is 0.222. The number of aromatic nitrogens is 1. The van der Waals surface area contributed by atoms with Crippen molar-refractivity contribution in [2.45, 2.75) is 24.8 Å². The Morgan fingerprint density at radius 1 is 1.40 bits per heavy atom. The normalized spacial score (nSPS) is 21.2. The van der Waals surface area contributed by atoms with Crippen molar-refractivity contribution in [2.24, 2.45) is 5.92 Å². The number of alkyl halides is 3. The van der Waals surface area contributed by atoms with Crippen LogP contribution in [0.2, 0.25) is 0 Å². The van der Waals surface area contributed by atoms with Crippen molar-refractivity contribution in [1.82, 2.24) is 13.6 Å². The predicted octanol–water partition coefficient (Wildman–Crippen LogP) is 1.13. The number of hydrogen-bond acceptors (Lipinski definition) is 6. The standard InChI is InChI=1S/C15H23N3O4S.C2HF3O2/c1-17(2)23(19,20)18-11-15(12-18)13(6-8-22-15)9-21-10-14-5-3-4-7-16-14;3-2(4,5)1(6)7/h3-5,7,13H,6,8-12H2,1-2H3;(H,6,7). The lowest BCUT2D eigenvalue weighted by Crippen LogP contribution is -2.67. The first kappa shape index (κ1) is 24.5. The number of ether oxygens (including phenoxy) is 2. The molecule has 170 valence electrons. The van der Waals surface area contributed by atoms with Gasteiger partial charge in [0.05, 0.1) is 18.9 Å². The number of carboxylic acid groups (broad SMARTS) is 1. The summed E-state index contributed by atoms with van der Waals surface area (Å²) in [6.07, 6.45) is -2.44. The summed E-state index contributed by atoms with van der Waals surface area (Å²) in [4.78, 5) is 13.1. The lowest BCUT2D eigenvalue weighted by Gasteiger charge is -2.49. The third-order valence-electron chi connectivity index (χ3n) is 4.81. The topological polar surface area (TPSA) is 109 Å². The summed E-state index contributed by atoms with van der Waals surface area (Å²) in [6.45, 7) is 2.50. The molecule has 1 atom stereocenters. The first-order valence-corrected chi connectivity index (χ1v) is 10.4. The van der Waals surface area contributed by atoms with E-state index in [0.29, 0.717) is 32.9 Å². The lowest BCUT2D eigenvalue weighted by molar-refractivity contribution is -0.192. The molecule has 0 bridgehead atoms. The van der Waals surface area contributed by atoms with Crippen LogP contribution in [0.15, 0.2) is 24.4 Å². The Kier molecular flexibility index (Phi) is 7.80. The molecule has 1 spiro atoms. The van der Waals surface area contributed by atoms with Crippen LogP contribution in [-0.2, 0) is 31.1 Å². The predicted molar refractivity (Wildman–Crippen MR) is 98.6 cm³/mol. The molecule has 0 amide bonds. The molecule has 2 fully saturated rings. The van der Waals surface area contributed by atoms with Crippen molar-refractivity contribution in [3.8, 4) is 0 Å². The van der Waals surface area contributed by atoms with Gasteiger partial charge in [-0.2, -0.15) is 30.2 Å². The zero-order valence-electron chi connectivity index (χ0n) is 16.5. The summed E-state index contributed by atoms with van der Waals surface area (Å²) in [7, 11) is -0.265. The van der Waals surface area contributed by atoms with Crippen LogP contribution in [-0.4, -0.2) is 85.3 Å². The van der Waals surface area contributed by atoms with E-state index in [0.717, 1.165) is 12.1 Å². The van der Waals surface area contributed by atoms with Gasteiger partial charge in [0, 0.05) is 45.9 Å². The quantitative estimate of drug-likeness (QED) is 0.685. The van der Waals surface area contributed by atoms with Crippen LogP contribution in [0, 0.1) is 5.92 Å². The maximum atomic E-state index is 12.1. The van der Waals surface area contributed by atoms with E-state index in [1.807, 2.05) is 18.2 Å². The molecular formula is C17H24F3N3O6S. The van der Waals surface area contributed by atoms with E-state index in [4.69, 9.17) is 19.4 Å². The van der Waals surface area contributed by atoms with E-state index in [1.54, 1.807) is 20.3 Å². The number of hydrogen-bond donors (Lipinski definition) is 1. The Balaban J connectivity index is 0.000000396. The van der Waals surface area contributed by atoms with E-state index in [2.05, 4.69) is 4.98 Å². The van der Waals surface area contributed by atoms with Crippen LogP contribution in [0.4, 0.5) is 13.2 Å². The maximum absolute atomic E-state index is 12.1. The van der Waals surface area contributed by atoms with Crippen molar-refractivity contribution in [1.29, 1.82) is 0 Å². The second kappa shape index (κ2) is 9.56. The minimum Gasteiger partial charge on any atom is -0.475 e. The van der Waals surface area contributed by atoms with Crippen LogP contribution in [0.1, 0.15) is 12.1 Å². The Labute approximate surface area is 172 Å². The molecule has 2 aliphatic heterocycles. The number of carboxylic acids is 1. The Morgan fingerprint density at radius 2 is 2.03 bits per heavy atom. The Hall–Kier alpha value is -1.80. The Morgan fingerprint density at radius 3 is 2.53 bits per heavy atom. The fraction of sp³-hybridized carbons (Fsp3) is 0.647. The second-order valence-electron chi connectivity index (χ2n) is 7.10. The largest absolute Gasteiger partial charge is 0.490 e. The van der Waals surface area contributed by atoms with Gasteiger partial charge < -0.3 is 14.6 Å². The monoisotopic (exact) mass is 455 g/mol. The molecule has 0 aliphatic carbocycles. The van der Waals surface area contributed by atoms with Gasteiger partial charge in [-0.25, -0.2) is 4.79 Å². The van der Waals surface area contributed by atoms with Crippen LogP contribution in [0.5, 0.6) is 0 Å². The molecule has 0 aromatic carbocycles. The van der Waals surface area contributed by atoms with Gasteiger partial charge in [0.2, 0.25) is 0 Å². The number of halogens is 3. The molecule has 2 aliphatic rings. The van der Waals surface area contributed by atoms with E-state index in [1.165, 1.54) is 8.61 Å². The first-order valence-electron chi connectivity index (χ1n) is 8.98. The van der Waals surface area contributed by atoms with Gasteiger partial charge in [0.25, 0.3) is 10.2 Å². The van der Waals surface area contributed by atoms with Gasteiger partial charge >= 0.3 is 12.1 Å². The van der Waals surface area contributed by atoms with E-state index < -0.39 is 22.4 Å². The number of pyridine rings is 1. The van der Waals surface area contributed by atoms with Crippen molar-refractivity contribution in [3.63, 3.8) is 0 Å². The summed E-state index contributed by atoms with van der Waals surface area (Å²) in [5.74, 6) is -2.53. The fourth-order valence-corrected chi connectivity index (χ4v) is 4.33. The summed E-state index contributed by atoms with van der Waals surface area (Å²) >= 11 is 0. The Bertz CT molecular complexity index is 814. The smallest absolute Gasteiger partial charge is 0.475 e. The van der Waals surface area contributed by atoms with E-state index in [9.17, 15) is 21.6 Å². The molecule has 1 unspecified atom stereocenters. The molecule has 0 radical (unpaired) electrons. The van der Waals surface area contributed by atoms with Crippen LogP contribution >= 0.6 is 0 Å². The third-order valence-corrected chi connectivity index (χ3v) is 6.65. The van der Waals surface area contributed by atoms with Gasteiger partial charge in [-0.3, -0.25) is 4.98 Å². The molecule has 1 aromatic heterocycles. The highest BCUT2D eigenvalue weighted by atomic mass is 32.2. The highest BCUT2D eigenvalue weighted by molar-refractivity contribution is 7.86. The van der Waals surface area contributed by atoms with E-state index in [-0.39, 0.29) is 11.5 Å². The average molecular weight is 455 g/mol. The summed E-state index contributed by atoms with van der Waals surface area (Å²) in [6, 6.07) is 5.73. The van der Waals surface area contributed by atoms with Gasteiger partial charge in [-0.15, -0.1) is 0 Å². The summed E-state index contributed by atoms with van der Waals surface area (Å²) in [5.41, 5.74) is 0.513. The van der Waals surface area contributed by atoms with Gasteiger partial charge in [-0.1, -0.05) is 6.07 Å². The van der Waals surface area contributed by atoms with Crippen LogP contribution in [0.25, 0.3) is 0 Å². The van der Waals surface area contributed by atoms with Crippen LogP contribution < -0.4 is 0 Å². The summed E-state index contributed by atoms with van der Waals surface area (Å²) < 4.78 is 70.3. The van der Waals surface area contributed by atoms with Crippen molar-refractivity contribution < 1.29 is 41.0 Å². The third kappa shape index (κ3) is 5.88. The molecule has 13 heteroatoms. The zero-order chi connectivity index (χ0) is 22.6.